The van der Waals surface area contributed by atoms with E-state index in [4.69, 9.17) is 4.74 Å². The third-order valence-corrected chi connectivity index (χ3v) is 6.08. The van der Waals surface area contributed by atoms with E-state index in [-0.39, 0.29) is 28.8 Å². The molecule has 0 N–H and O–H groups in total. The van der Waals surface area contributed by atoms with Crippen LogP contribution in [0.4, 0.5) is 23.2 Å². The molecule has 2 aliphatic rings. The van der Waals surface area contributed by atoms with Gasteiger partial charge in [-0.1, -0.05) is 0 Å². The van der Waals surface area contributed by atoms with E-state index < -0.39 is 34.5 Å². The predicted octanol–water partition coefficient (Wildman–Crippen LogP) is 3.99. The Bertz CT molecular complexity index is 801. The van der Waals surface area contributed by atoms with Crippen LogP contribution in [0.25, 0.3) is 0 Å². The molecule has 9 heteroatoms. The molecule has 1 aromatic rings. The largest absolute Gasteiger partial charge is 0.493 e. The average molecular weight is 405 g/mol. The topological polar surface area (TPSA) is 46.6 Å². The summed E-state index contributed by atoms with van der Waals surface area (Å²) in [7, 11) is -2.38. The number of carbonyl (C=O) groups excluding carboxylic acids is 1. The number of aryl methyl sites for hydroxylation is 1. The maximum absolute atomic E-state index is 14.4. The highest BCUT2D eigenvalue weighted by Gasteiger charge is 2.33. The van der Waals surface area contributed by atoms with Crippen LogP contribution in [0.1, 0.15) is 31.2 Å². The van der Waals surface area contributed by atoms with Gasteiger partial charge in [0.1, 0.15) is 17.3 Å². The minimum absolute atomic E-state index is 0.000655. The van der Waals surface area contributed by atoms with Gasteiger partial charge < -0.3 is 4.74 Å². The monoisotopic (exact) mass is 405 g/mol. The summed E-state index contributed by atoms with van der Waals surface area (Å²) in [5, 5.41) is 0. The second-order valence-corrected chi connectivity index (χ2v) is 8.15. The fourth-order valence-electron chi connectivity index (χ4n) is 3.31. The van der Waals surface area contributed by atoms with Gasteiger partial charge in [-0.2, -0.15) is 13.2 Å². The third kappa shape index (κ3) is 4.69. The van der Waals surface area contributed by atoms with Gasteiger partial charge in [-0.05, 0) is 50.3 Å². The van der Waals surface area contributed by atoms with E-state index in [1.165, 1.54) is 13.0 Å². The van der Waals surface area contributed by atoms with Gasteiger partial charge in [-0.25, -0.2) is 4.39 Å². The molecule has 148 valence electrons. The first-order valence-electron chi connectivity index (χ1n) is 8.58. The molecular weight excluding hydrogens is 386 g/mol. The van der Waals surface area contributed by atoms with Crippen molar-refractivity contribution in [1.29, 1.82) is 0 Å². The molecule has 1 heterocycles. The maximum atomic E-state index is 14.4. The van der Waals surface area contributed by atoms with Gasteiger partial charge in [0, 0.05) is 11.0 Å². The number of carbonyl (C=O) groups is 1. The Hall–Kier alpha value is -1.90. The second kappa shape index (κ2) is 7.61. The fourth-order valence-corrected chi connectivity index (χ4v) is 4.43. The summed E-state index contributed by atoms with van der Waals surface area (Å²) in [6, 6.07) is 2.07. The highest BCUT2D eigenvalue weighted by Crippen LogP contribution is 2.32. The van der Waals surface area contributed by atoms with Crippen LogP contribution in [0.15, 0.2) is 28.9 Å². The minimum Gasteiger partial charge on any atom is -0.493 e. The van der Waals surface area contributed by atoms with E-state index in [1.807, 2.05) is 0 Å². The van der Waals surface area contributed by atoms with Crippen LogP contribution in [-0.2, 0) is 20.3 Å². The summed E-state index contributed by atoms with van der Waals surface area (Å²) in [6.07, 6.45) is 0.577. The van der Waals surface area contributed by atoms with E-state index in [0.717, 1.165) is 42.7 Å². The summed E-state index contributed by atoms with van der Waals surface area (Å²) in [4.78, 5) is 13.2. The van der Waals surface area contributed by atoms with Crippen molar-refractivity contribution in [1.82, 2.24) is 0 Å². The zero-order valence-corrected chi connectivity index (χ0v) is 15.5. The van der Waals surface area contributed by atoms with E-state index in [0.29, 0.717) is 5.76 Å². The lowest BCUT2D eigenvalue weighted by molar-refractivity contribution is -0.113. The Balaban J connectivity index is 1.81. The number of ether oxygens (including phenoxy) is 1. The van der Waals surface area contributed by atoms with Crippen molar-refractivity contribution in [3.05, 3.63) is 35.3 Å². The zero-order valence-electron chi connectivity index (χ0n) is 14.6. The molecular formula is C18H19F4NO3S. The number of nitrogens with zero attached hydrogens (tertiary/aromatic N) is 1. The molecule has 0 aromatic heterocycles. The number of halogens is 4. The van der Waals surface area contributed by atoms with E-state index >= 15 is 0 Å². The average Bonchev–Trinajstić information content (AvgIpc) is 3.16. The number of benzene rings is 1. The zero-order chi connectivity index (χ0) is 19.8. The van der Waals surface area contributed by atoms with Crippen LogP contribution < -0.4 is 4.90 Å². The summed E-state index contributed by atoms with van der Waals surface area (Å²) in [6.45, 7) is 1.38. The summed E-state index contributed by atoms with van der Waals surface area (Å²) in [5.41, 5.74) is -0.0572. The Morgan fingerprint density at radius 2 is 1.93 bits per heavy atom. The first-order valence-corrected chi connectivity index (χ1v) is 9.90. The summed E-state index contributed by atoms with van der Waals surface area (Å²) in [5.74, 6) is -2.39. The normalized spacial score (nSPS) is 19.5. The van der Waals surface area contributed by atoms with Crippen molar-refractivity contribution in [3.63, 3.8) is 0 Å². The molecule has 1 aromatic carbocycles. The molecule has 1 unspecified atom stereocenters. The number of hydrogen-bond donors (Lipinski definition) is 0. The SMILES string of the molecule is Cc1cc(F)c(N2CC(OC3CCCC3)=CC2=O)cc1S(=O)CC(F)(F)F. The third-order valence-electron chi connectivity index (χ3n) is 4.56. The standard InChI is InChI=1S/C18H19F4NO3S/c1-11-6-14(19)15(8-16(11)27(25)10-18(20,21)22)23-9-13(7-17(23)24)26-12-4-2-3-5-12/h6-8,12H,2-5,9-10H2,1H3. The number of amides is 1. The van der Waals surface area contributed by atoms with Gasteiger partial charge in [0.05, 0.1) is 29.1 Å². The predicted molar refractivity (Wildman–Crippen MR) is 92.2 cm³/mol. The van der Waals surface area contributed by atoms with Crippen LogP contribution >= 0.6 is 0 Å². The molecule has 4 nitrogen and oxygen atoms in total. The van der Waals surface area contributed by atoms with Crippen molar-refractivity contribution in [2.45, 2.75) is 49.8 Å². The molecule has 1 aliphatic heterocycles. The van der Waals surface area contributed by atoms with Gasteiger partial charge in [-0.3, -0.25) is 13.9 Å². The van der Waals surface area contributed by atoms with Crippen LogP contribution in [0, 0.1) is 12.7 Å². The van der Waals surface area contributed by atoms with Crippen LogP contribution in [0.3, 0.4) is 0 Å². The molecule has 0 bridgehead atoms. The Morgan fingerprint density at radius 3 is 2.56 bits per heavy atom. The van der Waals surface area contributed by atoms with Gasteiger partial charge >= 0.3 is 6.18 Å². The van der Waals surface area contributed by atoms with Gasteiger partial charge in [0.2, 0.25) is 0 Å². The van der Waals surface area contributed by atoms with E-state index in [1.54, 1.807) is 0 Å². The van der Waals surface area contributed by atoms with E-state index in [9.17, 15) is 26.6 Å². The Kier molecular flexibility index (Phi) is 5.60. The maximum Gasteiger partial charge on any atom is 0.400 e. The molecule has 0 spiro atoms. The minimum atomic E-state index is -4.61. The van der Waals surface area contributed by atoms with Crippen LogP contribution in [0.2, 0.25) is 0 Å². The van der Waals surface area contributed by atoms with Gasteiger partial charge in [-0.15, -0.1) is 0 Å². The van der Waals surface area contributed by atoms with Crippen molar-refractivity contribution in [2.75, 3.05) is 17.2 Å². The van der Waals surface area contributed by atoms with Crippen molar-refractivity contribution in [2.24, 2.45) is 0 Å². The van der Waals surface area contributed by atoms with Crippen molar-refractivity contribution in [3.8, 4) is 0 Å². The molecule has 1 fully saturated rings. The van der Waals surface area contributed by atoms with Gasteiger partial charge in [0.15, 0.2) is 0 Å². The molecule has 0 saturated heterocycles. The molecule has 27 heavy (non-hydrogen) atoms. The lowest BCUT2D eigenvalue weighted by Crippen LogP contribution is -2.27. The lowest BCUT2D eigenvalue weighted by atomic mass is 10.2. The first-order chi connectivity index (χ1) is 12.6. The number of hydrogen-bond acceptors (Lipinski definition) is 3. The van der Waals surface area contributed by atoms with Crippen LogP contribution in [-0.4, -0.2) is 34.7 Å². The Morgan fingerprint density at radius 1 is 1.26 bits per heavy atom. The van der Waals surface area contributed by atoms with Crippen LogP contribution in [0.5, 0.6) is 0 Å². The fraction of sp³-hybridized carbons (Fsp3) is 0.500. The lowest BCUT2D eigenvalue weighted by Gasteiger charge is -2.20. The van der Waals surface area contributed by atoms with Crippen molar-refractivity contribution < 1.29 is 31.3 Å². The molecule has 1 atom stereocenters. The quantitative estimate of drug-likeness (QED) is 0.696. The highest BCUT2D eigenvalue weighted by atomic mass is 32.2. The Labute approximate surface area is 156 Å². The molecule has 3 rings (SSSR count). The smallest absolute Gasteiger partial charge is 0.400 e. The number of rotatable bonds is 5. The molecule has 1 amide bonds. The second-order valence-electron chi connectivity index (χ2n) is 6.73. The van der Waals surface area contributed by atoms with E-state index in [2.05, 4.69) is 0 Å². The molecule has 1 saturated carbocycles. The van der Waals surface area contributed by atoms with Crippen molar-refractivity contribution >= 4 is 22.4 Å². The molecule has 0 radical (unpaired) electrons. The summed E-state index contributed by atoms with van der Waals surface area (Å²) < 4.78 is 69.9. The van der Waals surface area contributed by atoms with Gasteiger partial charge in [0.25, 0.3) is 5.91 Å². The summed E-state index contributed by atoms with van der Waals surface area (Å²) >= 11 is 0. The number of alkyl halides is 3. The highest BCUT2D eigenvalue weighted by molar-refractivity contribution is 7.85. The molecule has 1 aliphatic carbocycles. The first kappa shape index (κ1) is 19.9. The number of anilines is 1.